The van der Waals surface area contributed by atoms with Crippen LogP contribution in [0.15, 0.2) is 53.6 Å². The molecule has 0 heterocycles. The Morgan fingerprint density at radius 3 is 2.38 bits per heavy atom. The minimum absolute atomic E-state index is 0.198. The Morgan fingerprint density at radius 1 is 1.04 bits per heavy atom. The van der Waals surface area contributed by atoms with Gasteiger partial charge in [-0.25, -0.2) is 5.43 Å². The molecule has 4 nitrogen and oxygen atoms in total. The van der Waals surface area contributed by atoms with E-state index in [1.54, 1.807) is 6.07 Å². The quantitative estimate of drug-likeness (QED) is 0.645. The Hall–Kier alpha value is -2.62. The minimum atomic E-state index is -0.198. The third-order valence-electron chi connectivity index (χ3n) is 4.00. The number of hydrogen-bond acceptors (Lipinski definition) is 3. The molecule has 0 aliphatic carbocycles. The predicted molar refractivity (Wildman–Crippen MR) is 101 cm³/mol. The first-order valence-corrected chi connectivity index (χ1v) is 8.31. The fraction of sp³-hybridized carbons (Fsp3) is 0.300. The fourth-order valence-corrected chi connectivity index (χ4v) is 2.57. The lowest BCUT2D eigenvalue weighted by Gasteiger charge is -2.21. The summed E-state index contributed by atoms with van der Waals surface area (Å²) in [6.45, 7) is 9.95. The Labute approximate surface area is 144 Å². The molecule has 0 aliphatic heterocycles. The second-order valence-electron chi connectivity index (χ2n) is 5.73. The first kappa shape index (κ1) is 17.7. The van der Waals surface area contributed by atoms with Crippen molar-refractivity contribution in [2.75, 3.05) is 18.0 Å². The SMILES string of the molecule is CCN(CC)c1cccc(C(=O)N/N=C(\C)c2cccc(C)c2)c1. The van der Waals surface area contributed by atoms with Crippen molar-refractivity contribution in [3.63, 3.8) is 0 Å². The van der Waals surface area contributed by atoms with Crippen LogP contribution in [-0.2, 0) is 0 Å². The summed E-state index contributed by atoms with van der Waals surface area (Å²) < 4.78 is 0. The fourth-order valence-electron chi connectivity index (χ4n) is 2.57. The monoisotopic (exact) mass is 323 g/mol. The third-order valence-corrected chi connectivity index (χ3v) is 4.00. The molecule has 2 aromatic rings. The maximum Gasteiger partial charge on any atom is 0.271 e. The lowest BCUT2D eigenvalue weighted by molar-refractivity contribution is 0.0955. The standard InChI is InChI=1S/C20H25N3O/c1-5-23(6-2)19-12-8-11-18(14-19)20(24)22-21-16(4)17-10-7-9-15(3)13-17/h7-14H,5-6H2,1-4H3,(H,22,24)/b21-16+. The minimum Gasteiger partial charge on any atom is -0.372 e. The van der Waals surface area contributed by atoms with Gasteiger partial charge in [-0.15, -0.1) is 0 Å². The maximum absolute atomic E-state index is 12.4. The lowest BCUT2D eigenvalue weighted by Crippen LogP contribution is -2.23. The predicted octanol–water partition coefficient (Wildman–Crippen LogP) is 4.00. The summed E-state index contributed by atoms with van der Waals surface area (Å²) in [6.07, 6.45) is 0. The molecule has 0 atom stereocenters. The molecule has 0 saturated carbocycles. The van der Waals surface area contributed by atoms with Gasteiger partial charge in [0.05, 0.1) is 5.71 Å². The van der Waals surface area contributed by atoms with E-state index in [1.807, 2.05) is 56.3 Å². The molecule has 4 heteroatoms. The second kappa shape index (κ2) is 8.29. The van der Waals surface area contributed by atoms with E-state index < -0.39 is 0 Å². The van der Waals surface area contributed by atoms with E-state index in [-0.39, 0.29) is 5.91 Å². The Kier molecular flexibility index (Phi) is 6.13. The second-order valence-corrected chi connectivity index (χ2v) is 5.73. The van der Waals surface area contributed by atoms with Gasteiger partial charge >= 0.3 is 0 Å². The van der Waals surface area contributed by atoms with Gasteiger partial charge < -0.3 is 4.90 Å². The van der Waals surface area contributed by atoms with Crippen LogP contribution in [0.25, 0.3) is 0 Å². The molecule has 1 N–H and O–H groups in total. The zero-order valence-electron chi connectivity index (χ0n) is 14.8. The van der Waals surface area contributed by atoms with Crippen LogP contribution in [0.2, 0.25) is 0 Å². The van der Waals surface area contributed by atoms with Crippen LogP contribution in [0.3, 0.4) is 0 Å². The molecule has 2 rings (SSSR count). The summed E-state index contributed by atoms with van der Waals surface area (Å²) in [4.78, 5) is 14.6. The largest absolute Gasteiger partial charge is 0.372 e. The number of hydrogen-bond donors (Lipinski definition) is 1. The molecule has 2 aromatic carbocycles. The van der Waals surface area contributed by atoms with Gasteiger partial charge in [-0.3, -0.25) is 4.79 Å². The van der Waals surface area contributed by atoms with Crippen LogP contribution >= 0.6 is 0 Å². The topological polar surface area (TPSA) is 44.7 Å². The number of hydrazone groups is 1. The molecule has 0 bridgehead atoms. The van der Waals surface area contributed by atoms with Gasteiger partial charge in [-0.1, -0.05) is 35.9 Å². The number of anilines is 1. The van der Waals surface area contributed by atoms with E-state index in [2.05, 4.69) is 29.3 Å². The van der Waals surface area contributed by atoms with E-state index in [0.29, 0.717) is 5.56 Å². The average molecular weight is 323 g/mol. The summed E-state index contributed by atoms with van der Waals surface area (Å²) >= 11 is 0. The van der Waals surface area contributed by atoms with Crippen molar-refractivity contribution in [2.45, 2.75) is 27.7 Å². The molecule has 0 spiro atoms. The highest BCUT2D eigenvalue weighted by Gasteiger charge is 2.08. The van der Waals surface area contributed by atoms with Crippen LogP contribution in [0.4, 0.5) is 5.69 Å². The summed E-state index contributed by atoms with van der Waals surface area (Å²) in [7, 11) is 0. The van der Waals surface area contributed by atoms with Crippen LogP contribution in [0.1, 0.15) is 42.3 Å². The van der Waals surface area contributed by atoms with Crippen molar-refractivity contribution in [3.05, 3.63) is 65.2 Å². The van der Waals surface area contributed by atoms with Crippen LogP contribution in [0, 0.1) is 6.92 Å². The van der Waals surface area contributed by atoms with Crippen molar-refractivity contribution in [2.24, 2.45) is 5.10 Å². The first-order valence-electron chi connectivity index (χ1n) is 8.31. The molecular formula is C20H25N3O. The third kappa shape index (κ3) is 4.44. The van der Waals surface area contributed by atoms with E-state index in [4.69, 9.17) is 0 Å². The highest BCUT2D eigenvalue weighted by Crippen LogP contribution is 2.16. The van der Waals surface area contributed by atoms with Crippen LogP contribution < -0.4 is 10.3 Å². The summed E-state index contributed by atoms with van der Waals surface area (Å²) in [5, 5.41) is 4.23. The number of nitrogens with zero attached hydrogens (tertiary/aromatic N) is 2. The van der Waals surface area contributed by atoms with E-state index in [1.165, 1.54) is 5.56 Å². The molecule has 0 fully saturated rings. The smallest absolute Gasteiger partial charge is 0.271 e. The van der Waals surface area contributed by atoms with E-state index in [0.717, 1.165) is 30.1 Å². The molecule has 1 amide bonds. The lowest BCUT2D eigenvalue weighted by atomic mass is 10.1. The van der Waals surface area contributed by atoms with Crippen molar-refractivity contribution >= 4 is 17.3 Å². The van der Waals surface area contributed by atoms with Crippen LogP contribution in [0.5, 0.6) is 0 Å². The molecule has 0 unspecified atom stereocenters. The number of aryl methyl sites for hydroxylation is 1. The molecule has 0 aliphatic rings. The Balaban J connectivity index is 2.12. The molecular weight excluding hydrogens is 298 g/mol. The van der Waals surface area contributed by atoms with Gasteiger partial charge in [0.15, 0.2) is 0 Å². The maximum atomic E-state index is 12.4. The van der Waals surface area contributed by atoms with E-state index >= 15 is 0 Å². The summed E-state index contributed by atoms with van der Waals surface area (Å²) in [5.74, 6) is -0.198. The van der Waals surface area contributed by atoms with Crippen molar-refractivity contribution in [3.8, 4) is 0 Å². The highest BCUT2D eigenvalue weighted by molar-refractivity contribution is 6.01. The van der Waals surface area contributed by atoms with Crippen molar-refractivity contribution in [1.29, 1.82) is 0 Å². The number of nitrogens with one attached hydrogen (secondary N) is 1. The highest BCUT2D eigenvalue weighted by atomic mass is 16.2. The van der Waals surface area contributed by atoms with Gasteiger partial charge in [0, 0.05) is 24.3 Å². The van der Waals surface area contributed by atoms with Crippen molar-refractivity contribution in [1.82, 2.24) is 5.43 Å². The van der Waals surface area contributed by atoms with Gasteiger partial charge in [0.25, 0.3) is 5.91 Å². The number of carbonyl (C=O) groups excluding carboxylic acids is 1. The van der Waals surface area contributed by atoms with Gasteiger partial charge in [-0.05, 0) is 51.5 Å². The molecule has 126 valence electrons. The van der Waals surface area contributed by atoms with Gasteiger partial charge in [0.1, 0.15) is 0 Å². The molecule has 0 saturated heterocycles. The molecule has 0 radical (unpaired) electrons. The number of amides is 1. The Morgan fingerprint density at radius 2 is 1.71 bits per heavy atom. The zero-order chi connectivity index (χ0) is 17.5. The van der Waals surface area contributed by atoms with Gasteiger partial charge in [0.2, 0.25) is 0 Å². The summed E-state index contributed by atoms with van der Waals surface area (Å²) in [5.41, 5.74) is 7.27. The number of rotatable bonds is 6. The van der Waals surface area contributed by atoms with Crippen molar-refractivity contribution < 1.29 is 4.79 Å². The van der Waals surface area contributed by atoms with Crippen LogP contribution in [-0.4, -0.2) is 24.7 Å². The number of benzene rings is 2. The number of carbonyl (C=O) groups is 1. The zero-order valence-corrected chi connectivity index (χ0v) is 14.8. The molecule has 24 heavy (non-hydrogen) atoms. The normalized spacial score (nSPS) is 11.2. The average Bonchev–Trinajstić information content (AvgIpc) is 2.60. The first-order chi connectivity index (χ1) is 11.5. The molecule has 0 aromatic heterocycles. The van der Waals surface area contributed by atoms with Gasteiger partial charge in [-0.2, -0.15) is 5.10 Å². The Bertz CT molecular complexity index is 733. The summed E-state index contributed by atoms with van der Waals surface area (Å²) in [6, 6.07) is 15.7. The van der Waals surface area contributed by atoms with E-state index in [9.17, 15) is 4.79 Å².